The molecule has 0 bridgehead atoms. The molecule has 0 unspecified atom stereocenters. The molecule has 0 fully saturated rings. The van der Waals surface area contributed by atoms with E-state index in [1.807, 2.05) is 37.3 Å². The molecular formula is C29H30N2O6. The number of ether oxygens (including phenoxy) is 4. The number of nitrogens with zero attached hydrogens (tertiary/aromatic N) is 1. The van der Waals surface area contributed by atoms with Crippen LogP contribution in [0.1, 0.15) is 17.5 Å². The number of methoxy groups -OCH3 is 2. The van der Waals surface area contributed by atoms with Gasteiger partial charge in [0.25, 0.3) is 5.91 Å². The first-order valence-electron chi connectivity index (χ1n) is 11.9. The van der Waals surface area contributed by atoms with Crippen molar-refractivity contribution in [2.24, 2.45) is 0 Å². The second-order valence-electron chi connectivity index (χ2n) is 8.47. The van der Waals surface area contributed by atoms with E-state index in [0.717, 1.165) is 11.3 Å². The Hall–Kier alpha value is -4.46. The molecule has 1 heterocycles. The summed E-state index contributed by atoms with van der Waals surface area (Å²) in [6.07, 6.45) is 3.76. The van der Waals surface area contributed by atoms with E-state index in [9.17, 15) is 9.59 Å². The van der Waals surface area contributed by atoms with Crippen LogP contribution in [0.2, 0.25) is 0 Å². The Morgan fingerprint density at radius 2 is 1.81 bits per heavy atom. The topological polar surface area (TPSA) is 86.3 Å². The zero-order valence-electron chi connectivity index (χ0n) is 21.2. The van der Waals surface area contributed by atoms with Gasteiger partial charge in [-0.1, -0.05) is 23.8 Å². The van der Waals surface area contributed by atoms with Gasteiger partial charge in [-0.2, -0.15) is 0 Å². The van der Waals surface area contributed by atoms with Crippen LogP contribution in [-0.2, 0) is 9.59 Å². The molecule has 3 aromatic rings. The highest BCUT2D eigenvalue weighted by atomic mass is 16.5. The third kappa shape index (κ3) is 6.61. The molecule has 0 saturated carbocycles. The molecule has 0 aliphatic carbocycles. The first kappa shape index (κ1) is 25.6. The first-order chi connectivity index (χ1) is 18.0. The van der Waals surface area contributed by atoms with Gasteiger partial charge in [0, 0.05) is 18.3 Å². The lowest BCUT2D eigenvalue weighted by Crippen LogP contribution is -2.39. The molecule has 1 N–H and O–H groups in total. The minimum atomic E-state index is -0.309. The minimum Gasteiger partial charge on any atom is -0.494 e. The van der Waals surface area contributed by atoms with Crippen molar-refractivity contribution < 1.29 is 28.5 Å². The van der Waals surface area contributed by atoms with E-state index in [1.54, 1.807) is 55.5 Å². The molecule has 4 rings (SSSR count). The number of benzene rings is 3. The summed E-state index contributed by atoms with van der Waals surface area (Å²) in [5.74, 6) is 2.13. The predicted molar refractivity (Wildman–Crippen MR) is 143 cm³/mol. The van der Waals surface area contributed by atoms with Gasteiger partial charge in [-0.25, -0.2) is 0 Å². The minimum absolute atomic E-state index is 0.0222. The third-order valence-corrected chi connectivity index (χ3v) is 5.82. The van der Waals surface area contributed by atoms with Crippen molar-refractivity contribution >= 4 is 29.3 Å². The van der Waals surface area contributed by atoms with Crippen molar-refractivity contribution in [2.45, 2.75) is 13.3 Å². The van der Waals surface area contributed by atoms with Crippen molar-refractivity contribution in [1.82, 2.24) is 0 Å². The highest BCUT2D eigenvalue weighted by Gasteiger charge is 2.25. The molecule has 192 valence electrons. The Bertz CT molecular complexity index is 1290. The molecule has 2 amide bonds. The highest BCUT2D eigenvalue weighted by molar-refractivity contribution is 6.03. The van der Waals surface area contributed by atoms with E-state index >= 15 is 0 Å². The molecule has 8 nitrogen and oxygen atoms in total. The van der Waals surface area contributed by atoms with E-state index in [1.165, 1.54) is 11.6 Å². The molecule has 0 saturated heterocycles. The van der Waals surface area contributed by atoms with Gasteiger partial charge in [0.15, 0.2) is 18.1 Å². The molecule has 0 aromatic heterocycles. The lowest BCUT2D eigenvalue weighted by molar-refractivity contribution is -0.121. The quantitative estimate of drug-likeness (QED) is 0.315. The molecule has 1 aliphatic heterocycles. The van der Waals surface area contributed by atoms with Crippen molar-refractivity contribution in [2.75, 3.05) is 44.2 Å². The standard InChI is InChI=1S/C29H30N2O6/c1-20-5-10-23(11-6-20)36-16-4-15-31-24-18-22(9-13-25(24)37-19-29(31)33)30-28(32)14-8-21-7-12-26(34-2)27(17-21)35-3/h5-14,17-18H,4,15-16,19H2,1-3H3,(H,30,32)/b14-8+. The van der Waals surface area contributed by atoms with Crippen LogP contribution in [0.25, 0.3) is 6.08 Å². The molecule has 0 spiro atoms. The van der Waals surface area contributed by atoms with E-state index in [-0.39, 0.29) is 18.4 Å². The molecule has 8 heteroatoms. The fourth-order valence-electron chi connectivity index (χ4n) is 3.88. The summed E-state index contributed by atoms with van der Waals surface area (Å²) in [5, 5.41) is 2.84. The second kappa shape index (κ2) is 12.0. The van der Waals surface area contributed by atoms with Gasteiger partial charge >= 0.3 is 0 Å². The largest absolute Gasteiger partial charge is 0.494 e. The van der Waals surface area contributed by atoms with Gasteiger partial charge in [0.2, 0.25) is 5.91 Å². The number of anilines is 2. The predicted octanol–water partition coefficient (Wildman–Crippen LogP) is 4.86. The van der Waals surface area contributed by atoms with Crippen LogP contribution in [0.3, 0.4) is 0 Å². The molecule has 1 aliphatic rings. The Kier molecular flexibility index (Phi) is 8.30. The van der Waals surface area contributed by atoms with Crippen LogP contribution in [0.5, 0.6) is 23.0 Å². The number of hydrogen-bond donors (Lipinski definition) is 1. The zero-order chi connectivity index (χ0) is 26.2. The molecule has 3 aromatic carbocycles. The summed E-state index contributed by atoms with van der Waals surface area (Å²) in [6, 6.07) is 18.5. The maximum Gasteiger partial charge on any atom is 0.265 e. The summed E-state index contributed by atoms with van der Waals surface area (Å²) in [6.45, 7) is 2.94. The Balaban J connectivity index is 1.38. The second-order valence-corrected chi connectivity index (χ2v) is 8.47. The summed E-state index contributed by atoms with van der Waals surface area (Å²) in [5.41, 5.74) is 3.13. The Labute approximate surface area is 216 Å². The van der Waals surface area contributed by atoms with Crippen LogP contribution >= 0.6 is 0 Å². The number of nitrogens with one attached hydrogen (secondary N) is 1. The SMILES string of the molecule is COc1ccc(/C=C/C(=O)Nc2ccc3c(c2)N(CCCOc2ccc(C)cc2)C(=O)CO3)cc1OC. The van der Waals surface area contributed by atoms with Gasteiger partial charge < -0.3 is 29.2 Å². The average Bonchev–Trinajstić information content (AvgIpc) is 2.91. The van der Waals surface area contributed by atoms with Gasteiger partial charge in [-0.05, 0) is 67.4 Å². The van der Waals surface area contributed by atoms with Crippen LogP contribution in [0.4, 0.5) is 11.4 Å². The fraction of sp³-hybridized carbons (Fsp3) is 0.241. The number of rotatable bonds is 10. The molecular weight excluding hydrogens is 472 g/mol. The van der Waals surface area contributed by atoms with Gasteiger partial charge in [-0.15, -0.1) is 0 Å². The first-order valence-corrected chi connectivity index (χ1v) is 11.9. The van der Waals surface area contributed by atoms with Crippen LogP contribution in [0.15, 0.2) is 66.7 Å². The average molecular weight is 503 g/mol. The normalized spacial score (nSPS) is 12.6. The molecule has 0 atom stereocenters. The smallest absolute Gasteiger partial charge is 0.265 e. The maximum atomic E-state index is 12.6. The van der Waals surface area contributed by atoms with E-state index in [2.05, 4.69) is 5.32 Å². The summed E-state index contributed by atoms with van der Waals surface area (Å²) in [7, 11) is 3.13. The van der Waals surface area contributed by atoms with Gasteiger partial charge in [0.05, 0.1) is 26.5 Å². The van der Waals surface area contributed by atoms with E-state index < -0.39 is 0 Å². The van der Waals surface area contributed by atoms with E-state index in [4.69, 9.17) is 18.9 Å². The molecule has 37 heavy (non-hydrogen) atoms. The maximum absolute atomic E-state index is 12.6. The lowest BCUT2D eigenvalue weighted by Gasteiger charge is -2.29. The number of hydrogen-bond acceptors (Lipinski definition) is 6. The number of fused-ring (bicyclic) bond motifs is 1. The number of carbonyl (C=O) groups excluding carboxylic acids is 2. The Morgan fingerprint density at radius 1 is 1.03 bits per heavy atom. The molecule has 0 radical (unpaired) electrons. The van der Waals surface area contributed by atoms with Gasteiger partial charge in [0.1, 0.15) is 11.5 Å². The van der Waals surface area contributed by atoms with Crippen molar-refractivity contribution in [3.05, 3.63) is 77.9 Å². The van der Waals surface area contributed by atoms with E-state index in [0.29, 0.717) is 48.2 Å². The highest BCUT2D eigenvalue weighted by Crippen LogP contribution is 2.35. The third-order valence-electron chi connectivity index (χ3n) is 5.82. The monoisotopic (exact) mass is 502 g/mol. The lowest BCUT2D eigenvalue weighted by atomic mass is 10.1. The van der Waals surface area contributed by atoms with Crippen molar-refractivity contribution in [1.29, 1.82) is 0 Å². The number of aryl methyl sites for hydroxylation is 1. The number of carbonyl (C=O) groups is 2. The summed E-state index contributed by atoms with van der Waals surface area (Å²) in [4.78, 5) is 26.8. The van der Waals surface area contributed by atoms with Crippen molar-refractivity contribution in [3.8, 4) is 23.0 Å². The fourth-order valence-corrected chi connectivity index (χ4v) is 3.88. The van der Waals surface area contributed by atoms with Crippen molar-refractivity contribution in [3.63, 3.8) is 0 Å². The zero-order valence-corrected chi connectivity index (χ0v) is 21.2. The summed E-state index contributed by atoms with van der Waals surface area (Å²) >= 11 is 0. The van der Waals surface area contributed by atoms with Crippen LogP contribution < -0.4 is 29.2 Å². The number of amides is 2. The van der Waals surface area contributed by atoms with Gasteiger partial charge in [-0.3, -0.25) is 9.59 Å². The van der Waals surface area contributed by atoms with Crippen LogP contribution in [0, 0.1) is 6.92 Å². The van der Waals surface area contributed by atoms with Crippen LogP contribution in [-0.4, -0.2) is 45.8 Å². The summed E-state index contributed by atoms with van der Waals surface area (Å²) < 4.78 is 21.9. The Morgan fingerprint density at radius 3 is 2.57 bits per heavy atom.